The molecule has 0 radical (unpaired) electrons. The zero-order valence-electron chi connectivity index (χ0n) is 9.52. The number of aliphatic carboxylic acids is 1. The number of aliphatic hydroxyl groups excluding tert-OH is 1. The summed E-state index contributed by atoms with van der Waals surface area (Å²) in [5.74, 6) is -0.682. The summed E-state index contributed by atoms with van der Waals surface area (Å²) in [5, 5.41) is 18.2. The Morgan fingerprint density at radius 2 is 2.24 bits per heavy atom. The van der Waals surface area contributed by atoms with E-state index in [4.69, 9.17) is 26.6 Å². The molecule has 0 saturated carbocycles. The molecule has 0 bridgehead atoms. The van der Waals surface area contributed by atoms with Gasteiger partial charge in [-0.1, -0.05) is 31.0 Å². The molecule has 1 aromatic rings. The molecule has 17 heavy (non-hydrogen) atoms. The third-order valence-corrected chi connectivity index (χ3v) is 2.57. The van der Waals surface area contributed by atoms with Crippen LogP contribution in [0.15, 0.2) is 18.2 Å². The number of benzene rings is 1. The van der Waals surface area contributed by atoms with Crippen molar-refractivity contribution in [3.8, 4) is 5.75 Å². The Morgan fingerprint density at radius 1 is 1.53 bits per heavy atom. The van der Waals surface area contributed by atoms with Crippen LogP contribution in [0.4, 0.5) is 0 Å². The fourth-order valence-electron chi connectivity index (χ4n) is 1.39. The smallest absolute Gasteiger partial charge is 0.344 e. The van der Waals surface area contributed by atoms with Gasteiger partial charge in [-0.3, -0.25) is 0 Å². The number of carbonyl (C=O) groups is 1. The third kappa shape index (κ3) is 3.91. The molecule has 0 aliphatic carbocycles. The number of ether oxygens (including phenoxy) is 1. The molecule has 0 amide bonds. The van der Waals surface area contributed by atoms with Crippen molar-refractivity contribution in [3.05, 3.63) is 28.8 Å². The maximum atomic E-state index is 10.9. The topological polar surface area (TPSA) is 66.8 Å². The Balaban J connectivity index is 2.82. The van der Waals surface area contributed by atoms with Crippen LogP contribution in [-0.2, 0) is 11.4 Å². The number of hydrogen-bond acceptors (Lipinski definition) is 3. The van der Waals surface area contributed by atoms with Crippen LogP contribution < -0.4 is 4.74 Å². The predicted molar refractivity (Wildman–Crippen MR) is 64.3 cm³/mol. The average molecular weight is 259 g/mol. The summed E-state index contributed by atoms with van der Waals surface area (Å²) in [6.45, 7) is 1.77. The fourth-order valence-corrected chi connectivity index (χ4v) is 1.63. The zero-order valence-corrected chi connectivity index (χ0v) is 10.3. The van der Waals surface area contributed by atoms with Crippen molar-refractivity contribution in [2.45, 2.75) is 32.5 Å². The number of carboxylic acids is 1. The van der Waals surface area contributed by atoms with E-state index in [0.29, 0.717) is 29.2 Å². The molecule has 0 fully saturated rings. The van der Waals surface area contributed by atoms with Gasteiger partial charge in [0.15, 0.2) is 6.10 Å². The van der Waals surface area contributed by atoms with Gasteiger partial charge in [0, 0.05) is 0 Å². The quantitative estimate of drug-likeness (QED) is 0.823. The molecular weight excluding hydrogens is 244 g/mol. The summed E-state index contributed by atoms with van der Waals surface area (Å²) in [6.07, 6.45) is 0.244. The van der Waals surface area contributed by atoms with E-state index < -0.39 is 12.1 Å². The van der Waals surface area contributed by atoms with Gasteiger partial charge < -0.3 is 14.9 Å². The van der Waals surface area contributed by atoms with Gasteiger partial charge in [-0.05, 0) is 24.1 Å². The van der Waals surface area contributed by atoms with Crippen molar-refractivity contribution in [2.24, 2.45) is 0 Å². The molecule has 0 spiro atoms. The van der Waals surface area contributed by atoms with Crippen LogP contribution >= 0.6 is 11.6 Å². The van der Waals surface area contributed by atoms with E-state index in [9.17, 15) is 4.79 Å². The highest BCUT2D eigenvalue weighted by atomic mass is 35.5. The predicted octanol–water partition coefficient (Wildman–Crippen LogP) is 2.46. The Morgan fingerprint density at radius 3 is 2.71 bits per heavy atom. The monoisotopic (exact) mass is 258 g/mol. The normalized spacial score (nSPS) is 12.2. The first kappa shape index (κ1) is 13.8. The Hall–Kier alpha value is -1.26. The Kier molecular flexibility index (Phi) is 5.25. The van der Waals surface area contributed by atoms with Crippen LogP contribution in [0.3, 0.4) is 0 Å². The first-order valence-corrected chi connectivity index (χ1v) is 5.75. The van der Waals surface area contributed by atoms with Gasteiger partial charge in [-0.25, -0.2) is 4.79 Å². The summed E-state index contributed by atoms with van der Waals surface area (Å²) in [7, 11) is 0. The van der Waals surface area contributed by atoms with Crippen LogP contribution in [0.5, 0.6) is 5.75 Å². The minimum atomic E-state index is -1.01. The van der Waals surface area contributed by atoms with Crippen LogP contribution in [0, 0.1) is 0 Å². The number of hydrogen-bond donors (Lipinski definition) is 2. The Labute approximate surface area is 105 Å². The van der Waals surface area contributed by atoms with Gasteiger partial charge in [0.1, 0.15) is 5.75 Å². The van der Waals surface area contributed by atoms with Crippen LogP contribution in [-0.4, -0.2) is 22.3 Å². The van der Waals surface area contributed by atoms with E-state index in [-0.39, 0.29) is 6.61 Å². The van der Waals surface area contributed by atoms with Crippen LogP contribution in [0.25, 0.3) is 0 Å². The molecule has 2 N–H and O–H groups in total. The second-order valence-corrected chi connectivity index (χ2v) is 4.06. The SMILES string of the molecule is CCCC(Oc1ccc(CO)cc1Cl)C(=O)O. The number of aliphatic hydroxyl groups is 1. The molecule has 1 unspecified atom stereocenters. The van der Waals surface area contributed by atoms with Crippen LogP contribution in [0.2, 0.25) is 5.02 Å². The lowest BCUT2D eigenvalue weighted by atomic mass is 10.2. The second kappa shape index (κ2) is 6.47. The van der Waals surface area contributed by atoms with Crippen LogP contribution in [0.1, 0.15) is 25.3 Å². The molecule has 4 nitrogen and oxygen atoms in total. The third-order valence-electron chi connectivity index (χ3n) is 2.27. The molecule has 94 valence electrons. The second-order valence-electron chi connectivity index (χ2n) is 3.66. The lowest BCUT2D eigenvalue weighted by Crippen LogP contribution is -2.26. The molecule has 0 aromatic heterocycles. The van der Waals surface area contributed by atoms with Crippen molar-refractivity contribution in [1.29, 1.82) is 0 Å². The summed E-state index contributed by atoms with van der Waals surface area (Å²) in [4.78, 5) is 10.9. The summed E-state index contributed by atoms with van der Waals surface area (Å²) < 4.78 is 5.33. The first-order chi connectivity index (χ1) is 8.08. The summed E-state index contributed by atoms with van der Waals surface area (Å²) in [5.41, 5.74) is 0.657. The highest BCUT2D eigenvalue weighted by molar-refractivity contribution is 6.32. The van der Waals surface area contributed by atoms with Gasteiger partial charge >= 0.3 is 5.97 Å². The highest BCUT2D eigenvalue weighted by Gasteiger charge is 2.19. The van der Waals surface area contributed by atoms with Gasteiger partial charge in [-0.2, -0.15) is 0 Å². The first-order valence-electron chi connectivity index (χ1n) is 5.37. The van der Waals surface area contributed by atoms with Crippen molar-refractivity contribution in [2.75, 3.05) is 0 Å². The summed E-state index contributed by atoms with van der Waals surface area (Å²) >= 11 is 5.93. The molecule has 1 aromatic carbocycles. The number of halogens is 1. The van der Waals surface area contributed by atoms with E-state index in [2.05, 4.69) is 0 Å². The maximum absolute atomic E-state index is 10.9. The van der Waals surface area contributed by atoms with E-state index in [1.165, 1.54) is 0 Å². The van der Waals surface area contributed by atoms with Gasteiger partial charge in [0.25, 0.3) is 0 Å². The average Bonchev–Trinajstić information content (AvgIpc) is 2.30. The lowest BCUT2D eigenvalue weighted by molar-refractivity contribution is -0.145. The largest absolute Gasteiger partial charge is 0.479 e. The van der Waals surface area contributed by atoms with Crippen molar-refractivity contribution in [1.82, 2.24) is 0 Å². The van der Waals surface area contributed by atoms with Gasteiger partial charge in [0.2, 0.25) is 0 Å². The number of carboxylic acid groups (broad SMARTS) is 1. The molecule has 0 saturated heterocycles. The maximum Gasteiger partial charge on any atom is 0.344 e. The molecule has 0 aliphatic rings. The molecule has 0 aliphatic heterocycles. The highest BCUT2D eigenvalue weighted by Crippen LogP contribution is 2.27. The standard InChI is InChI=1S/C12H15ClO4/c1-2-3-11(12(15)16)17-10-5-4-8(7-14)6-9(10)13/h4-6,11,14H,2-3,7H2,1H3,(H,15,16). The van der Waals surface area contributed by atoms with Crippen molar-refractivity contribution in [3.63, 3.8) is 0 Å². The minimum Gasteiger partial charge on any atom is -0.479 e. The molecule has 0 heterocycles. The molecule has 5 heteroatoms. The van der Waals surface area contributed by atoms with Crippen molar-refractivity contribution >= 4 is 17.6 Å². The Bertz CT molecular complexity index is 392. The zero-order chi connectivity index (χ0) is 12.8. The molecule has 1 rings (SSSR count). The molecular formula is C12H15ClO4. The summed E-state index contributed by atoms with van der Waals surface area (Å²) in [6, 6.07) is 4.77. The van der Waals surface area contributed by atoms with Crippen molar-refractivity contribution < 1.29 is 19.7 Å². The van der Waals surface area contributed by atoms with E-state index >= 15 is 0 Å². The van der Waals surface area contributed by atoms with E-state index in [0.717, 1.165) is 0 Å². The van der Waals surface area contributed by atoms with Gasteiger partial charge in [0.05, 0.1) is 11.6 Å². The van der Waals surface area contributed by atoms with E-state index in [1.54, 1.807) is 18.2 Å². The minimum absolute atomic E-state index is 0.114. The lowest BCUT2D eigenvalue weighted by Gasteiger charge is -2.15. The number of rotatable bonds is 6. The van der Waals surface area contributed by atoms with E-state index in [1.807, 2.05) is 6.92 Å². The fraction of sp³-hybridized carbons (Fsp3) is 0.417. The molecule has 1 atom stereocenters. The van der Waals surface area contributed by atoms with Gasteiger partial charge in [-0.15, -0.1) is 0 Å².